The van der Waals surface area contributed by atoms with E-state index in [1.54, 1.807) is 33.8 Å². The standard InChI is InChI=1S/C30H38F4N4O4/c1-19-15-21-20-9-6-7-10-23(20)36-26(21)27(38(19)18-30(32,33)34)22-16-25(35-17-24(22)40-5)41-14-13-37(12-8-11-31)28(39)42-29(2,3)4/h6-7,9-10,16-17,19,27,36H,8,11-15,18H2,1-5H3. The third-order valence-corrected chi connectivity index (χ3v) is 7.09. The van der Waals surface area contributed by atoms with Crippen LogP contribution >= 0.6 is 0 Å². The number of pyridine rings is 1. The van der Waals surface area contributed by atoms with E-state index in [0.717, 1.165) is 16.5 Å². The van der Waals surface area contributed by atoms with Crippen molar-refractivity contribution in [3.8, 4) is 11.6 Å². The van der Waals surface area contributed by atoms with Gasteiger partial charge >= 0.3 is 12.3 Å². The van der Waals surface area contributed by atoms with Gasteiger partial charge in [-0.25, -0.2) is 9.78 Å². The van der Waals surface area contributed by atoms with Crippen molar-refractivity contribution >= 4 is 17.0 Å². The molecular formula is C30H38F4N4O4. The zero-order chi connectivity index (χ0) is 30.7. The molecule has 3 aromatic rings. The van der Waals surface area contributed by atoms with Gasteiger partial charge in [0.25, 0.3) is 0 Å². The number of nitrogens with zero attached hydrogens (tertiary/aromatic N) is 3. The minimum atomic E-state index is -4.43. The van der Waals surface area contributed by atoms with Crippen LogP contribution in [0.15, 0.2) is 36.5 Å². The molecule has 2 aromatic heterocycles. The molecule has 0 spiro atoms. The van der Waals surface area contributed by atoms with Crippen molar-refractivity contribution < 1.29 is 36.6 Å². The molecule has 1 aliphatic rings. The second-order valence-electron chi connectivity index (χ2n) is 11.4. The van der Waals surface area contributed by atoms with Crippen LogP contribution in [0.1, 0.15) is 57.0 Å². The number of alkyl halides is 4. The number of ether oxygens (including phenoxy) is 3. The van der Waals surface area contributed by atoms with Gasteiger partial charge in [-0.1, -0.05) is 18.2 Å². The van der Waals surface area contributed by atoms with Gasteiger partial charge in [0, 0.05) is 40.8 Å². The van der Waals surface area contributed by atoms with Crippen LogP contribution in [0.3, 0.4) is 0 Å². The van der Waals surface area contributed by atoms with Gasteiger partial charge in [0.1, 0.15) is 18.0 Å². The number of aromatic nitrogens is 2. The van der Waals surface area contributed by atoms with Crippen LogP contribution in [0.25, 0.3) is 10.9 Å². The number of hydrogen-bond acceptors (Lipinski definition) is 6. The SMILES string of the molecule is COc1cnc(OCCN(CCCF)C(=O)OC(C)(C)C)cc1C1c2[nH]c3ccccc3c2CC(C)N1CC(F)(F)F. The number of hydrogen-bond donors (Lipinski definition) is 1. The molecule has 1 aliphatic heterocycles. The number of halogens is 4. The van der Waals surface area contributed by atoms with Crippen molar-refractivity contribution in [3.05, 3.63) is 53.3 Å². The van der Waals surface area contributed by atoms with E-state index < -0.39 is 43.2 Å². The summed E-state index contributed by atoms with van der Waals surface area (Å²) in [5.74, 6) is 0.472. The highest BCUT2D eigenvalue weighted by Crippen LogP contribution is 2.45. The molecule has 8 nitrogen and oxygen atoms in total. The highest BCUT2D eigenvalue weighted by Gasteiger charge is 2.43. The number of rotatable bonds is 10. The van der Waals surface area contributed by atoms with Crippen molar-refractivity contribution in [3.63, 3.8) is 0 Å². The van der Waals surface area contributed by atoms with Crippen molar-refractivity contribution in [1.82, 2.24) is 19.8 Å². The van der Waals surface area contributed by atoms with E-state index in [4.69, 9.17) is 14.2 Å². The van der Waals surface area contributed by atoms with Crippen molar-refractivity contribution in [1.29, 1.82) is 0 Å². The predicted octanol–water partition coefficient (Wildman–Crippen LogP) is 6.45. The molecule has 0 bridgehead atoms. The summed E-state index contributed by atoms with van der Waals surface area (Å²) >= 11 is 0. The van der Waals surface area contributed by atoms with Crippen molar-refractivity contribution in [2.45, 2.75) is 64.4 Å². The summed E-state index contributed by atoms with van der Waals surface area (Å²) in [5.41, 5.74) is 2.21. The van der Waals surface area contributed by atoms with E-state index in [1.165, 1.54) is 23.1 Å². The molecule has 0 saturated carbocycles. The Morgan fingerprint density at radius 1 is 1.19 bits per heavy atom. The molecule has 4 rings (SSSR count). The van der Waals surface area contributed by atoms with Crippen molar-refractivity contribution in [2.24, 2.45) is 0 Å². The smallest absolute Gasteiger partial charge is 0.410 e. The maximum Gasteiger partial charge on any atom is 0.410 e. The molecule has 1 aromatic carbocycles. The van der Waals surface area contributed by atoms with Crippen LogP contribution in [0.2, 0.25) is 0 Å². The lowest BCUT2D eigenvalue weighted by atomic mass is 9.88. The Bertz CT molecular complexity index is 1370. The number of fused-ring (bicyclic) bond motifs is 3. The van der Waals surface area contributed by atoms with Crippen molar-refractivity contribution in [2.75, 3.05) is 40.0 Å². The lowest BCUT2D eigenvalue weighted by Gasteiger charge is -2.41. The first-order valence-corrected chi connectivity index (χ1v) is 13.9. The quantitative estimate of drug-likeness (QED) is 0.272. The topological polar surface area (TPSA) is 79.9 Å². The normalized spacial score (nSPS) is 17.6. The Labute approximate surface area is 242 Å². The average molecular weight is 595 g/mol. The molecule has 0 aliphatic carbocycles. The number of para-hydroxylation sites is 1. The number of amides is 1. The number of H-pyrrole nitrogens is 1. The number of carbonyl (C=O) groups is 1. The molecule has 230 valence electrons. The van der Waals surface area contributed by atoms with E-state index in [-0.39, 0.29) is 32.0 Å². The minimum Gasteiger partial charge on any atom is -0.495 e. The fourth-order valence-corrected chi connectivity index (χ4v) is 5.33. The molecule has 12 heteroatoms. The minimum absolute atomic E-state index is 0.00920. The Balaban J connectivity index is 1.66. The molecule has 3 heterocycles. The molecule has 0 fully saturated rings. The maximum absolute atomic E-state index is 13.9. The second kappa shape index (κ2) is 12.8. The van der Waals surface area contributed by atoms with Gasteiger partial charge in [-0.2, -0.15) is 13.2 Å². The Kier molecular flexibility index (Phi) is 9.54. The lowest BCUT2D eigenvalue weighted by Crippen LogP contribution is -2.47. The maximum atomic E-state index is 13.9. The van der Waals surface area contributed by atoms with Crippen LogP contribution in [-0.4, -0.2) is 83.7 Å². The lowest BCUT2D eigenvalue weighted by molar-refractivity contribution is -0.155. The number of methoxy groups -OCH3 is 1. The van der Waals surface area contributed by atoms with E-state index >= 15 is 0 Å². The number of carbonyl (C=O) groups excluding carboxylic acids is 1. The highest BCUT2D eigenvalue weighted by atomic mass is 19.4. The zero-order valence-electron chi connectivity index (χ0n) is 24.6. The summed E-state index contributed by atoms with van der Waals surface area (Å²) in [6.07, 6.45) is -3.01. The summed E-state index contributed by atoms with van der Waals surface area (Å²) in [6, 6.07) is 7.99. The molecule has 2 atom stereocenters. The van der Waals surface area contributed by atoms with Gasteiger partial charge in [-0.15, -0.1) is 0 Å². The van der Waals surface area contributed by atoms with Gasteiger partial charge < -0.3 is 24.1 Å². The largest absolute Gasteiger partial charge is 0.495 e. The average Bonchev–Trinajstić information content (AvgIpc) is 3.27. The Morgan fingerprint density at radius 2 is 1.93 bits per heavy atom. The predicted molar refractivity (Wildman–Crippen MR) is 151 cm³/mol. The van der Waals surface area contributed by atoms with E-state index in [1.807, 2.05) is 24.3 Å². The monoisotopic (exact) mass is 594 g/mol. The summed E-state index contributed by atoms with van der Waals surface area (Å²) in [5, 5.41) is 0.969. The molecular weight excluding hydrogens is 556 g/mol. The van der Waals surface area contributed by atoms with Gasteiger partial charge in [0.05, 0.1) is 39.1 Å². The number of nitrogens with one attached hydrogen (secondary N) is 1. The van der Waals surface area contributed by atoms with E-state index in [0.29, 0.717) is 23.4 Å². The fraction of sp³-hybridized carbons (Fsp3) is 0.533. The second-order valence-corrected chi connectivity index (χ2v) is 11.4. The molecule has 42 heavy (non-hydrogen) atoms. The van der Waals surface area contributed by atoms with Crippen LogP contribution in [-0.2, 0) is 11.2 Å². The van der Waals surface area contributed by atoms with E-state index in [2.05, 4.69) is 9.97 Å². The Morgan fingerprint density at radius 3 is 2.60 bits per heavy atom. The third-order valence-electron chi connectivity index (χ3n) is 7.09. The van der Waals surface area contributed by atoms with Crippen LogP contribution in [0.4, 0.5) is 22.4 Å². The zero-order valence-corrected chi connectivity index (χ0v) is 24.6. The summed E-state index contributed by atoms with van der Waals surface area (Å²) < 4.78 is 71.3. The summed E-state index contributed by atoms with van der Waals surface area (Å²) in [7, 11) is 1.44. The molecule has 0 radical (unpaired) electrons. The molecule has 1 amide bonds. The van der Waals surface area contributed by atoms with Gasteiger partial charge in [-0.05, 0) is 52.2 Å². The summed E-state index contributed by atoms with van der Waals surface area (Å²) in [4.78, 5) is 23.1. The first kappa shape index (κ1) is 31.4. The van der Waals surface area contributed by atoms with Gasteiger partial charge in [0.15, 0.2) is 0 Å². The fourth-order valence-electron chi connectivity index (χ4n) is 5.33. The molecule has 1 N–H and O–H groups in total. The third kappa shape index (κ3) is 7.45. The molecule has 0 saturated heterocycles. The molecule has 2 unspecified atom stereocenters. The number of benzene rings is 1. The first-order chi connectivity index (χ1) is 19.8. The Hall–Kier alpha value is -3.54. The highest BCUT2D eigenvalue weighted by molar-refractivity contribution is 5.85. The van der Waals surface area contributed by atoms with Gasteiger partial charge in [0.2, 0.25) is 5.88 Å². The number of aromatic amines is 1. The van der Waals surface area contributed by atoms with Crippen LogP contribution in [0.5, 0.6) is 11.6 Å². The van der Waals surface area contributed by atoms with Crippen LogP contribution < -0.4 is 9.47 Å². The van der Waals surface area contributed by atoms with E-state index in [9.17, 15) is 22.4 Å². The van der Waals surface area contributed by atoms with Gasteiger partial charge in [-0.3, -0.25) is 9.29 Å². The first-order valence-electron chi connectivity index (χ1n) is 13.9. The van der Waals surface area contributed by atoms with Crippen LogP contribution in [0, 0.1) is 0 Å². The summed E-state index contributed by atoms with van der Waals surface area (Å²) in [6.45, 7) is 5.56.